The van der Waals surface area contributed by atoms with Gasteiger partial charge in [0, 0.05) is 47.8 Å². The van der Waals surface area contributed by atoms with Gasteiger partial charge in [0.2, 0.25) is 0 Å². The molecule has 0 aliphatic carbocycles. The second-order valence-electron chi connectivity index (χ2n) is 14.0. The number of aromatic nitrogens is 3. The van der Waals surface area contributed by atoms with Gasteiger partial charge >= 0.3 is 0 Å². The van der Waals surface area contributed by atoms with Crippen LogP contribution in [0.4, 0.5) is 0 Å². The van der Waals surface area contributed by atoms with E-state index in [4.69, 9.17) is 15.0 Å². The van der Waals surface area contributed by atoms with Gasteiger partial charge in [0.15, 0.2) is 5.82 Å². The minimum Gasteiger partial charge on any atom is -0.247 e. The number of nitrogens with zero attached hydrogens (tertiary/aromatic N) is 3. The van der Waals surface area contributed by atoms with E-state index in [0.717, 1.165) is 55.8 Å². The van der Waals surface area contributed by atoms with Crippen LogP contribution in [-0.4, -0.2) is 15.0 Å². The molecular formula is C51H31N3S. The van der Waals surface area contributed by atoms with Crippen LogP contribution >= 0.6 is 11.3 Å². The molecular weight excluding hydrogens is 687 g/mol. The maximum atomic E-state index is 5.53. The van der Waals surface area contributed by atoms with Crippen molar-refractivity contribution in [1.29, 1.82) is 0 Å². The van der Waals surface area contributed by atoms with Crippen molar-refractivity contribution in [1.82, 2.24) is 15.0 Å². The Balaban J connectivity index is 1.12. The summed E-state index contributed by atoms with van der Waals surface area (Å²) in [6.45, 7) is 0. The first kappa shape index (κ1) is 31.5. The predicted octanol–water partition coefficient (Wildman–Crippen LogP) is 14.0. The Kier molecular flexibility index (Phi) is 7.35. The summed E-state index contributed by atoms with van der Waals surface area (Å²) < 4.78 is 2.48. The first-order valence-corrected chi connectivity index (χ1v) is 19.3. The predicted molar refractivity (Wildman–Crippen MR) is 232 cm³/mol. The smallest absolute Gasteiger partial charge is 0.160 e. The molecule has 0 saturated heterocycles. The zero-order valence-corrected chi connectivity index (χ0v) is 30.5. The van der Waals surface area contributed by atoms with Gasteiger partial charge in [-0.1, -0.05) is 158 Å². The van der Waals surface area contributed by atoms with Crippen molar-refractivity contribution >= 4 is 64.0 Å². The summed E-state index contributed by atoms with van der Waals surface area (Å²) in [5.74, 6) is 0.694. The molecule has 55 heavy (non-hydrogen) atoms. The molecule has 3 aromatic heterocycles. The molecule has 0 aliphatic heterocycles. The van der Waals surface area contributed by atoms with E-state index in [1.807, 2.05) is 23.5 Å². The lowest BCUT2D eigenvalue weighted by Gasteiger charge is -2.14. The number of fused-ring (bicyclic) bond motifs is 8. The molecule has 0 saturated carbocycles. The van der Waals surface area contributed by atoms with Crippen molar-refractivity contribution < 1.29 is 0 Å². The van der Waals surface area contributed by atoms with Crippen LogP contribution in [0.2, 0.25) is 0 Å². The van der Waals surface area contributed by atoms with Gasteiger partial charge in [-0.3, -0.25) is 0 Å². The highest BCUT2D eigenvalue weighted by atomic mass is 32.1. The lowest BCUT2D eigenvalue weighted by Crippen LogP contribution is -1.96. The Hall–Kier alpha value is -7.01. The maximum Gasteiger partial charge on any atom is 0.160 e. The fourth-order valence-electron chi connectivity index (χ4n) is 7.99. The van der Waals surface area contributed by atoms with Crippen LogP contribution in [0.3, 0.4) is 0 Å². The molecule has 0 amide bonds. The maximum absolute atomic E-state index is 5.53. The Morgan fingerprint density at radius 3 is 1.73 bits per heavy atom. The molecule has 0 N–H and O–H groups in total. The summed E-state index contributed by atoms with van der Waals surface area (Å²) in [4.78, 5) is 15.9. The van der Waals surface area contributed by atoms with Crippen molar-refractivity contribution in [3.05, 3.63) is 188 Å². The normalized spacial score (nSPS) is 11.6. The monoisotopic (exact) mass is 717 g/mol. The Labute approximate surface area is 321 Å². The largest absolute Gasteiger partial charge is 0.247 e. The average Bonchev–Trinajstić information content (AvgIpc) is 3.66. The second kappa shape index (κ2) is 12.8. The van der Waals surface area contributed by atoms with Crippen molar-refractivity contribution in [2.75, 3.05) is 0 Å². The molecule has 0 fully saturated rings. The molecule has 256 valence electrons. The van der Waals surface area contributed by atoms with Crippen molar-refractivity contribution in [2.45, 2.75) is 0 Å². The second-order valence-corrected chi connectivity index (χ2v) is 15.0. The van der Waals surface area contributed by atoms with Gasteiger partial charge in [0.25, 0.3) is 0 Å². The third kappa shape index (κ3) is 5.38. The molecule has 8 aromatic carbocycles. The molecule has 0 spiro atoms. The summed E-state index contributed by atoms with van der Waals surface area (Å²) >= 11 is 1.84. The van der Waals surface area contributed by atoms with Gasteiger partial charge in [0.05, 0.1) is 22.6 Å². The first-order chi connectivity index (χ1) is 27.2. The number of hydrogen-bond acceptors (Lipinski definition) is 4. The summed E-state index contributed by atoms with van der Waals surface area (Å²) in [5.41, 5.74) is 10.3. The molecule has 4 heteroatoms. The third-order valence-electron chi connectivity index (χ3n) is 10.7. The van der Waals surface area contributed by atoms with Crippen LogP contribution in [0.1, 0.15) is 0 Å². The molecule has 0 bridgehead atoms. The number of hydrogen-bond donors (Lipinski definition) is 0. The van der Waals surface area contributed by atoms with Gasteiger partial charge in [0.1, 0.15) is 0 Å². The zero-order valence-electron chi connectivity index (χ0n) is 29.6. The van der Waals surface area contributed by atoms with E-state index in [-0.39, 0.29) is 0 Å². The minimum absolute atomic E-state index is 0.694. The topological polar surface area (TPSA) is 38.7 Å². The van der Waals surface area contributed by atoms with Crippen LogP contribution in [0.15, 0.2) is 188 Å². The fraction of sp³-hybridized carbons (Fsp3) is 0. The fourth-order valence-corrected chi connectivity index (χ4v) is 9.22. The van der Waals surface area contributed by atoms with Crippen LogP contribution in [0.25, 0.3) is 109 Å². The van der Waals surface area contributed by atoms with Crippen molar-refractivity contribution in [2.24, 2.45) is 0 Å². The van der Waals surface area contributed by atoms with E-state index in [2.05, 4.69) is 176 Å². The van der Waals surface area contributed by atoms with Crippen molar-refractivity contribution in [3.8, 4) is 56.3 Å². The van der Waals surface area contributed by atoms with Crippen LogP contribution in [-0.2, 0) is 0 Å². The SMILES string of the molecule is c1ccc(-c2ccc(-c3nc(-c4ccccc4)cc(-c4ccc5nc(-c6cc7ccccc7c7ccccc67)c6c7ccccc7sc6c5c4)n3)cc2)cc1. The molecule has 11 rings (SSSR count). The van der Waals surface area contributed by atoms with E-state index in [9.17, 15) is 0 Å². The van der Waals surface area contributed by atoms with Crippen LogP contribution < -0.4 is 0 Å². The van der Waals surface area contributed by atoms with E-state index in [1.54, 1.807) is 0 Å². The molecule has 11 aromatic rings. The van der Waals surface area contributed by atoms with Gasteiger partial charge in [-0.15, -0.1) is 11.3 Å². The highest BCUT2D eigenvalue weighted by Crippen LogP contribution is 2.46. The highest BCUT2D eigenvalue weighted by Gasteiger charge is 2.20. The number of rotatable bonds is 5. The highest BCUT2D eigenvalue weighted by molar-refractivity contribution is 7.26. The lowest BCUT2D eigenvalue weighted by atomic mass is 9.93. The van der Waals surface area contributed by atoms with Gasteiger partial charge in [-0.05, 0) is 63.0 Å². The Bertz CT molecular complexity index is 3240. The molecule has 3 heterocycles. The molecule has 0 aliphatic rings. The summed E-state index contributed by atoms with van der Waals surface area (Å²) in [7, 11) is 0. The lowest BCUT2D eigenvalue weighted by molar-refractivity contribution is 1.18. The quantitative estimate of drug-likeness (QED) is 0.166. The average molecular weight is 718 g/mol. The van der Waals surface area contributed by atoms with E-state index in [0.29, 0.717) is 5.82 Å². The van der Waals surface area contributed by atoms with E-state index >= 15 is 0 Å². The molecule has 0 radical (unpaired) electrons. The molecule has 0 atom stereocenters. The minimum atomic E-state index is 0.694. The van der Waals surface area contributed by atoms with Gasteiger partial charge in [-0.25, -0.2) is 15.0 Å². The van der Waals surface area contributed by atoms with Gasteiger partial charge in [-0.2, -0.15) is 0 Å². The first-order valence-electron chi connectivity index (χ1n) is 18.5. The molecule has 3 nitrogen and oxygen atoms in total. The summed E-state index contributed by atoms with van der Waals surface area (Å²) in [5, 5.41) is 8.46. The van der Waals surface area contributed by atoms with E-state index in [1.165, 1.54) is 47.3 Å². The van der Waals surface area contributed by atoms with Crippen LogP contribution in [0.5, 0.6) is 0 Å². The van der Waals surface area contributed by atoms with E-state index < -0.39 is 0 Å². The van der Waals surface area contributed by atoms with Crippen LogP contribution in [0, 0.1) is 0 Å². The van der Waals surface area contributed by atoms with Gasteiger partial charge < -0.3 is 0 Å². The zero-order chi connectivity index (χ0) is 36.3. The number of pyridine rings is 1. The summed E-state index contributed by atoms with van der Waals surface area (Å²) in [6, 6.07) is 66.5. The molecule has 0 unspecified atom stereocenters. The Morgan fingerprint density at radius 2 is 0.945 bits per heavy atom. The number of thiophene rings is 1. The summed E-state index contributed by atoms with van der Waals surface area (Å²) in [6.07, 6.45) is 0. The Morgan fingerprint density at radius 1 is 0.364 bits per heavy atom. The third-order valence-corrected chi connectivity index (χ3v) is 11.9. The standard InChI is InChI=1S/C51H31N3S/c1-3-13-32(14-4-1)33-23-25-35(26-24-33)51-53-45(34-15-5-2-6-16-34)31-46(54-51)37-27-28-44-43(30-37)50-48(41-21-11-12-22-47(41)55-50)49(52-44)42-29-36-17-7-8-18-38(36)39-19-9-10-20-40(39)42/h1-31H. The van der Waals surface area contributed by atoms with Crippen molar-refractivity contribution in [3.63, 3.8) is 0 Å². The number of benzene rings is 8.